The summed E-state index contributed by atoms with van der Waals surface area (Å²) in [7, 11) is 0. The van der Waals surface area contributed by atoms with E-state index in [-0.39, 0.29) is 24.8 Å². The predicted molar refractivity (Wildman–Crippen MR) is 86.5 cm³/mol. The van der Waals surface area contributed by atoms with Gasteiger partial charge in [-0.05, 0) is 31.2 Å². The third-order valence-corrected chi connectivity index (χ3v) is 4.59. The molecule has 2 bridgehead atoms. The van der Waals surface area contributed by atoms with Gasteiger partial charge < -0.3 is 10.8 Å². The van der Waals surface area contributed by atoms with Gasteiger partial charge in [-0.15, -0.1) is 24.8 Å². The van der Waals surface area contributed by atoms with Crippen molar-refractivity contribution in [3.63, 3.8) is 0 Å². The van der Waals surface area contributed by atoms with Crippen LogP contribution in [-0.4, -0.2) is 34.2 Å². The minimum absolute atomic E-state index is 0. The van der Waals surface area contributed by atoms with E-state index in [4.69, 9.17) is 5.73 Å². The number of halogens is 2. The van der Waals surface area contributed by atoms with Gasteiger partial charge in [0.2, 0.25) is 0 Å². The van der Waals surface area contributed by atoms with Crippen LogP contribution >= 0.6 is 24.8 Å². The molecular formula is C15H24Cl2N2O. The van der Waals surface area contributed by atoms with Crippen LogP contribution < -0.4 is 5.73 Å². The topological polar surface area (TPSA) is 49.5 Å². The van der Waals surface area contributed by atoms with Crippen molar-refractivity contribution in [2.24, 2.45) is 5.73 Å². The minimum Gasteiger partial charge on any atom is -0.388 e. The molecule has 2 aliphatic heterocycles. The molecule has 20 heavy (non-hydrogen) atoms. The summed E-state index contributed by atoms with van der Waals surface area (Å²) < 4.78 is 0. The molecule has 0 amide bonds. The molecule has 2 heterocycles. The van der Waals surface area contributed by atoms with Crippen LogP contribution in [0.3, 0.4) is 0 Å². The van der Waals surface area contributed by atoms with E-state index in [0.29, 0.717) is 18.6 Å². The van der Waals surface area contributed by atoms with E-state index in [2.05, 4.69) is 35.2 Å². The molecule has 2 unspecified atom stereocenters. The van der Waals surface area contributed by atoms with Crippen molar-refractivity contribution in [3.8, 4) is 0 Å². The minimum atomic E-state index is -0.612. The molecule has 114 valence electrons. The van der Waals surface area contributed by atoms with Gasteiger partial charge >= 0.3 is 0 Å². The summed E-state index contributed by atoms with van der Waals surface area (Å²) in [5.41, 5.74) is 6.48. The first-order chi connectivity index (χ1) is 8.70. The maximum atomic E-state index is 10.4. The number of nitrogens with two attached hydrogens (primary N) is 1. The molecule has 0 radical (unpaired) electrons. The largest absolute Gasteiger partial charge is 0.388 e. The van der Waals surface area contributed by atoms with Gasteiger partial charge in [-0.2, -0.15) is 0 Å². The zero-order valence-corrected chi connectivity index (χ0v) is 13.2. The van der Waals surface area contributed by atoms with Crippen LogP contribution in [0, 0.1) is 0 Å². The van der Waals surface area contributed by atoms with E-state index in [0.717, 1.165) is 19.4 Å². The van der Waals surface area contributed by atoms with Crippen molar-refractivity contribution in [1.29, 1.82) is 0 Å². The van der Waals surface area contributed by atoms with Gasteiger partial charge in [0, 0.05) is 25.2 Å². The lowest BCUT2D eigenvalue weighted by Crippen LogP contribution is -2.53. The number of piperidine rings is 1. The molecule has 0 aliphatic carbocycles. The van der Waals surface area contributed by atoms with Crippen molar-refractivity contribution in [2.75, 3.05) is 6.54 Å². The van der Waals surface area contributed by atoms with Crippen LogP contribution in [0.25, 0.3) is 0 Å². The highest BCUT2D eigenvalue weighted by atomic mass is 35.5. The molecule has 2 fully saturated rings. The van der Waals surface area contributed by atoms with Gasteiger partial charge in [-0.1, -0.05) is 30.3 Å². The molecule has 3 rings (SSSR count). The summed E-state index contributed by atoms with van der Waals surface area (Å²) in [5, 5.41) is 10.4. The van der Waals surface area contributed by atoms with Crippen LogP contribution in [0.2, 0.25) is 0 Å². The van der Waals surface area contributed by atoms with Crippen molar-refractivity contribution < 1.29 is 5.11 Å². The lowest BCUT2D eigenvalue weighted by Gasteiger charge is -2.43. The first-order valence-electron chi connectivity index (χ1n) is 6.92. The quantitative estimate of drug-likeness (QED) is 0.899. The van der Waals surface area contributed by atoms with E-state index < -0.39 is 5.60 Å². The lowest BCUT2D eigenvalue weighted by molar-refractivity contribution is -0.0478. The number of hydrogen-bond donors (Lipinski definition) is 2. The Labute approximate surface area is 133 Å². The predicted octanol–water partition coefficient (Wildman–Crippen LogP) is 2.35. The van der Waals surface area contributed by atoms with Crippen molar-refractivity contribution in [2.45, 2.75) is 49.9 Å². The summed E-state index contributed by atoms with van der Waals surface area (Å²) in [4.78, 5) is 2.57. The monoisotopic (exact) mass is 318 g/mol. The Morgan fingerprint density at radius 1 is 1.10 bits per heavy atom. The van der Waals surface area contributed by atoms with Crippen LogP contribution in [0.15, 0.2) is 30.3 Å². The smallest absolute Gasteiger partial charge is 0.0799 e. The average Bonchev–Trinajstić information content (AvgIpc) is 2.64. The molecule has 5 heteroatoms. The van der Waals surface area contributed by atoms with Crippen molar-refractivity contribution >= 4 is 24.8 Å². The van der Waals surface area contributed by atoms with Crippen LogP contribution in [-0.2, 0) is 6.54 Å². The van der Waals surface area contributed by atoms with E-state index >= 15 is 0 Å². The highest BCUT2D eigenvalue weighted by Gasteiger charge is 2.46. The molecular weight excluding hydrogens is 295 g/mol. The van der Waals surface area contributed by atoms with E-state index in [1.165, 1.54) is 18.4 Å². The van der Waals surface area contributed by atoms with Crippen molar-refractivity contribution in [3.05, 3.63) is 35.9 Å². The van der Waals surface area contributed by atoms with Gasteiger partial charge in [0.05, 0.1) is 5.60 Å². The molecule has 0 aromatic heterocycles. The molecule has 2 aliphatic rings. The van der Waals surface area contributed by atoms with Gasteiger partial charge in [0.1, 0.15) is 0 Å². The summed E-state index contributed by atoms with van der Waals surface area (Å²) in [6, 6.07) is 11.6. The fourth-order valence-electron chi connectivity index (χ4n) is 3.63. The summed E-state index contributed by atoms with van der Waals surface area (Å²) in [6.45, 7) is 1.41. The Hall–Kier alpha value is -0.320. The first kappa shape index (κ1) is 17.7. The van der Waals surface area contributed by atoms with Crippen LogP contribution in [0.1, 0.15) is 31.2 Å². The second-order valence-electron chi connectivity index (χ2n) is 5.88. The Morgan fingerprint density at radius 2 is 1.65 bits per heavy atom. The summed E-state index contributed by atoms with van der Waals surface area (Å²) in [5.74, 6) is 0. The molecule has 1 aromatic rings. The zero-order valence-electron chi connectivity index (χ0n) is 11.6. The van der Waals surface area contributed by atoms with E-state index in [9.17, 15) is 5.11 Å². The number of hydrogen-bond acceptors (Lipinski definition) is 3. The Morgan fingerprint density at radius 3 is 2.15 bits per heavy atom. The Kier molecular flexibility index (Phi) is 6.29. The Balaban J connectivity index is 0.000001000. The van der Waals surface area contributed by atoms with E-state index in [1.807, 2.05) is 0 Å². The molecule has 0 saturated carbocycles. The molecule has 3 N–H and O–H groups in total. The molecule has 2 saturated heterocycles. The Bertz CT molecular complexity index is 402. The van der Waals surface area contributed by atoms with Gasteiger partial charge in [0.15, 0.2) is 0 Å². The van der Waals surface area contributed by atoms with Crippen molar-refractivity contribution in [1.82, 2.24) is 4.90 Å². The normalized spacial score (nSPS) is 32.3. The number of rotatable bonds is 3. The fraction of sp³-hybridized carbons (Fsp3) is 0.600. The van der Waals surface area contributed by atoms with E-state index in [1.54, 1.807) is 0 Å². The molecule has 1 aromatic carbocycles. The molecule has 3 nitrogen and oxygen atoms in total. The second-order valence-corrected chi connectivity index (χ2v) is 5.88. The number of fused-ring (bicyclic) bond motifs is 2. The van der Waals surface area contributed by atoms with Crippen LogP contribution in [0.4, 0.5) is 0 Å². The molecule has 2 atom stereocenters. The first-order valence-corrected chi connectivity index (χ1v) is 6.92. The highest BCUT2D eigenvalue weighted by Crippen LogP contribution is 2.41. The SMILES string of the molecule is Cl.Cl.NCC1(O)CC2CCC(C1)N2Cc1ccccc1. The van der Waals surface area contributed by atoms with Gasteiger partial charge in [-0.3, -0.25) is 4.90 Å². The fourth-order valence-corrected chi connectivity index (χ4v) is 3.63. The number of aliphatic hydroxyl groups is 1. The maximum absolute atomic E-state index is 10.4. The summed E-state index contributed by atoms with van der Waals surface area (Å²) >= 11 is 0. The van der Waals surface area contributed by atoms with Crippen LogP contribution in [0.5, 0.6) is 0 Å². The molecule has 0 spiro atoms. The number of nitrogens with zero attached hydrogens (tertiary/aromatic N) is 1. The third kappa shape index (κ3) is 3.46. The average molecular weight is 319 g/mol. The highest BCUT2D eigenvalue weighted by molar-refractivity contribution is 5.85. The lowest BCUT2D eigenvalue weighted by atomic mass is 9.86. The second kappa shape index (κ2) is 7.10. The zero-order chi connectivity index (χ0) is 12.6. The van der Waals surface area contributed by atoms with Gasteiger partial charge in [0.25, 0.3) is 0 Å². The summed E-state index contributed by atoms with van der Waals surface area (Å²) in [6.07, 6.45) is 4.10. The number of benzene rings is 1. The van der Waals surface area contributed by atoms with Gasteiger partial charge in [-0.25, -0.2) is 0 Å². The third-order valence-electron chi connectivity index (χ3n) is 4.59. The maximum Gasteiger partial charge on any atom is 0.0799 e. The standard InChI is InChI=1S/C15H22N2O.2ClH/c16-11-15(18)8-13-6-7-14(9-15)17(13)10-12-4-2-1-3-5-12;;/h1-5,13-14,18H,6-11,16H2;2*1H.